The number of carboxylic acid groups (broad SMARTS) is 1. The highest BCUT2D eigenvalue weighted by Gasteiger charge is 2.35. The molecule has 1 fully saturated rings. The van der Waals surface area contributed by atoms with Crippen molar-refractivity contribution in [3.8, 4) is 0 Å². The molecule has 7 nitrogen and oxygen atoms in total. The zero-order valence-electron chi connectivity index (χ0n) is 20.2. The molecule has 1 aromatic heterocycles. The molecule has 0 radical (unpaired) electrons. The molecular formula is C28H31N3O4. The third kappa shape index (κ3) is 4.49. The predicted octanol–water partition coefficient (Wildman–Crippen LogP) is 4.45. The quantitative estimate of drug-likeness (QED) is 0.606. The topological polar surface area (TPSA) is 75.0 Å². The maximum Gasteiger partial charge on any atom is 0.416 e. The molecule has 0 atom stereocenters. The Bertz CT molecular complexity index is 1280. The minimum absolute atomic E-state index is 0.0922. The molecular weight excluding hydrogens is 442 g/mol. The number of fused-ring (bicyclic) bond motifs is 3. The summed E-state index contributed by atoms with van der Waals surface area (Å²) < 4.78 is 6.73. The van der Waals surface area contributed by atoms with Gasteiger partial charge >= 0.3 is 6.09 Å². The lowest BCUT2D eigenvalue weighted by molar-refractivity contribution is 0.0384. The number of carbonyl (C=O) groups excluding carboxylic acids is 1. The summed E-state index contributed by atoms with van der Waals surface area (Å²) in [6.07, 6.45) is 3.38. The van der Waals surface area contributed by atoms with Gasteiger partial charge in [0.15, 0.2) is 0 Å². The van der Waals surface area contributed by atoms with Gasteiger partial charge in [-0.05, 0) is 41.8 Å². The van der Waals surface area contributed by atoms with Crippen molar-refractivity contribution in [3.63, 3.8) is 0 Å². The van der Waals surface area contributed by atoms with Crippen molar-refractivity contribution in [2.75, 3.05) is 39.4 Å². The average Bonchev–Trinajstić information content (AvgIpc) is 3.14. The maximum atomic E-state index is 13.4. The minimum Gasteiger partial charge on any atom is -0.464 e. The van der Waals surface area contributed by atoms with Crippen LogP contribution in [0.5, 0.6) is 0 Å². The highest BCUT2D eigenvalue weighted by Crippen LogP contribution is 2.39. The van der Waals surface area contributed by atoms with Crippen molar-refractivity contribution >= 4 is 29.0 Å². The number of aromatic nitrogens is 1. The summed E-state index contributed by atoms with van der Waals surface area (Å²) in [7, 11) is 0. The highest BCUT2D eigenvalue weighted by molar-refractivity contribution is 5.98. The van der Waals surface area contributed by atoms with Gasteiger partial charge in [-0.3, -0.25) is 9.69 Å². The molecule has 3 heterocycles. The van der Waals surface area contributed by atoms with Gasteiger partial charge in [0.2, 0.25) is 0 Å². The van der Waals surface area contributed by atoms with Crippen LogP contribution in [0.15, 0.2) is 54.7 Å². The molecule has 182 valence electrons. The van der Waals surface area contributed by atoms with Gasteiger partial charge in [0.25, 0.3) is 5.91 Å². The highest BCUT2D eigenvalue weighted by atomic mass is 16.5. The summed E-state index contributed by atoms with van der Waals surface area (Å²) >= 11 is 0. The van der Waals surface area contributed by atoms with E-state index in [2.05, 4.69) is 18.7 Å². The molecule has 0 bridgehead atoms. The standard InChI is InChI=1S/C28H31N3O4/c1-28(2)19-30(14-12-24-25(28)22-5-3-4-6-23(22)31(24)27(33)34)26(32)21-9-7-20(8-10-21)11-13-29-15-17-35-18-16-29/h3-10,12,14H,11,13,15-19H2,1-2H3,(H,33,34). The van der Waals surface area contributed by atoms with Crippen LogP contribution in [0.25, 0.3) is 17.0 Å². The molecule has 2 aromatic carbocycles. The first-order valence-electron chi connectivity index (χ1n) is 12.1. The number of para-hydroxylation sites is 1. The molecule has 5 rings (SSSR count). The van der Waals surface area contributed by atoms with Gasteiger partial charge in [0.05, 0.1) is 24.4 Å². The van der Waals surface area contributed by atoms with E-state index in [1.54, 1.807) is 17.2 Å². The van der Waals surface area contributed by atoms with Crippen LogP contribution in [0.3, 0.4) is 0 Å². The number of morpholine rings is 1. The van der Waals surface area contributed by atoms with Crippen molar-refractivity contribution in [2.24, 2.45) is 0 Å². The van der Waals surface area contributed by atoms with Gasteiger partial charge in [-0.2, -0.15) is 0 Å². The average molecular weight is 474 g/mol. The summed E-state index contributed by atoms with van der Waals surface area (Å²) in [5.41, 5.74) is 3.59. The maximum absolute atomic E-state index is 13.4. The Hall–Kier alpha value is -3.42. The summed E-state index contributed by atoms with van der Waals surface area (Å²) in [5, 5.41) is 10.8. The van der Waals surface area contributed by atoms with Crippen LogP contribution >= 0.6 is 0 Å². The number of nitrogens with zero attached hydrogens (tertiary/aromatic N) is 3. The first kappa shape index (κ1) is 23.3. The largest absolute Gasteiger partial charge is 0.464 e. The molecule has 1 saturated heterocycles. The Balaban J connectivity index is 1.38. The molecule has 3 aromatic rings. The van der Waals surface area contributed by atoms with Gasteiger partial charge in [0.1, 0.15) is 0 Å². The number of carbonyl (C=O) groups is 2. The van der Waals surface area contributed by atoms with Crippen LogP contribution < -0.4 is 0 Å². The number of amides is 1. The Morgan fingerprint density at radius 3 is 2.46 bits per heavy atom. The third-order valence-corrected chi connectivity index (χ3v) is 7.04. The minimum atomic E-state index is -1.03. The van der Waals surface area contributed by atoms with Gasteiger partial charge in [-0.15, -0.1) is 0 Å². The van der Waals surface area contributed by atoms with Crippen molar-refractivity contribution in [2.45, 2.75) is 25.7 Å². The van der Waals surface area contributed by atoms with E-state index in [4.69, 9.17) is 4.74 Å². The van der Waals surface area contributed by atoms with E-state index in [9.17, 15) is 14.7 Å². The van der Waals surface area contributed by atoms with Gasteiger partial charge < -0.3 is 14.7 Å². The van der Waals surface area contributed by atoms with Crippen LogP contribution in [-0.4, -0.2) is 70.9 Å². The predicted molar refractivity (Wildman–Crippen MR) is 136 cm³/mol. The van der Waals surface area contributed by atoms with Crippen LogP contribution in [-0.2, 0) is 16.6 Å². The molecule has 1 amide bonds. The second kappa shape index (κ2) is 9.32. The van der Waals surface area contributed by atoms with Crippen LogP contribution in [0, 0.1) is 0 Å². The fourth-order valence-corrected chi connectivity index (χ4v) is 5.28. The fraction of sp³-hybridized carbons (Fsp3) is 0.357. The normalized spacial score (nSPS) is 17.8. The van der Waals surface area contributed by atoms with Crippen molar-refractivity contribution in [1.29, 1.82) is 0 Å². The van der Waals surface area contributed by atoms with E-state index in [-0.39, 0.29) is 5.91 Å². The fourth-order valence-electron chi connectivity index (χ4n) is 5.28. The van der Waals surface area contributed by atoms with E-state index in [1.165, 1.54) is 10.1 Å². The van der Waals surface area contributed by atoms with E-state index in [1.807, 2.05) is 48.5 Å². The number of hydrogen-bond acceptors (Lipinski definition) is 4. The molecule has 2 aliphatic rings. The molecule has 1 N–H and O–H groups in total. The second-order valence-corrected chi connectivity index (χ2v) is 9.93. The van der Waals surface area contributed by atoms with Crippen LogP contribution in [0.2, 0.25) is 0 Å². The Morgan fingerprint density at radius 2 is 1.74 bits per heavy atom. The first-order chi connectivity index (χ1) is 16.8. The Morgan fingerprint density at radius 1 is 1.03 bits per heavy atom. The number of benzene rings is 2. The zero-order valence-corrected chi connectivity index (χ0v) is 20.2. The van der Waals surface area contributed by atoms with Crippen molar-refractivity contribution in [3.05, 3.63) is 77.1 Å². The lowest BCUT2D eigenvalue weighted by Crippen LogP contribution is -2.37. The Labute approximate surface area is 205 Å². The first-order valence-corrected chi connectivity index (χ1v) is 12.1. The molecule has 7 heteroatoms. The second-order valence-electron chi connectivity index (χ2n) is 9.93. The van der Waals surface area contributed by atoms with Gasteiger partial charge in [-0.25, -0.2) is 9.36 Å². The van der Waals surface area contributed by atoms with Crippen LogP contribution in [0.1, 0.15) is 41.0 Å². The monoisotopic (exact) mass is 473 g/mol. The molecule has 0 aliphatic carbocycles. The summed E-state index contributed by atoms with van der Waals surface area (Å²) in [5.74, 6) is -0.0922. The summed E-state index contributed by atoms with van der Waals surface area (Å²) in [6.45, 7) is 9.08. The number of hydrogen-bond donors (Lipinski definition) is 1. The zero-order chi connectivity index (χ0) is 24.6. The van der Waals surface area contributed by atoms with E-state index in [0.29, 0.717) is 23.3 Å². The lowest BCUT2D eigenvalue weighted by atomic mass is 9.82. The van der Waals surface area contributed by atoms with Crippen molar-refractivity contribution < 1.29 is 19.4 Å². The number of rotatable bonds is 4. The molecule has 0 unspecified atom stereocenters. The smallest absolute Gasteiger partial charge is 0.416 e. The molecule has 2 aliphatic heterocycles. The van der Waals surface area contributed by atoms with Gasteiger partial charge in [-0.1, -0.05) is 44.2 Å². The van der Waals surface area contributed by atoms with E-state index < -0.39 is 11.5 Å². The van der Waals surface area contributed by atoms with Crippen LogP contribution in [0.4, 0.5) is 4.79 Å². The third-order valence-electron chi connectivity index (χ3n) is 7.04. The SMILES string of the molecule is CC1(C)CN(C(=O)c2ccc(CCN3CCOCC3)cc2)C=Cc2c1c1ccccc1n2C(=O)O. The van der Waals surface area contributed by atoms with Crippen molar-refractivity contribution in [1.82, 2.24) is 14.4 Å². The van der Waals surface area contributed by atoms with E-state index in [0.717, 1.165) is 50.2 Å². The lowest BCUT2D eigenvalue weighted by Gasteiger charge is -2.30. The summed E-state index contributed by atoms with van der Waals surface area (Å²) in [6, 6.07) is 15.4. The molecule has 35 heavy (non-hydrogen) atoms. The number of ether oxygens (including phenoxy) is 1. The molecule has 0 spiro atoms. The Kier molecular flexibility index (Phi) is 6.21. The van der Waals surface area contributed by atoms with Gasteiger partial charge in [0, 0.05) is 48.7 Å². The van der Waals surface area contributed by atoms with E-state index >= 15 is 0 Å². The summed E-state index contributed by atoms with van der Waals surface area (Å²) in [4.78, 5) is 29.7. The molecule has 0 saturated carbocycles.